The molecule has 0 fully saturated rings. The Bertz CT molecular complexity index is 779. The number of carboxylic acids is 1. The predicted molar refractivity (Wildman–Crippen MR) is 114 cm³/mol. The third kappa shape index (κ3) is 11.1. The number of benzene rings is 1. The topological polar surface area (TPSA) is 157 Å². The Balaban J connectivity index is 2.36. The van der Waals surface area contributed by atoms with Gasteiger partial charge >= 0.3 is 18.2 Å². The molecule has 3 N–H and O–H groups in total. The van der Waals surface area contributed by atoms with Gasteiger partial charge in [0.1, 0.15) is 18.2 Å². The maximum Gasteiger partial charge on any atom is 0.408 e. The minimum Gasteiger partial charge on any atom is -0.480 e. The summed E-state index contributed by atoms with van der Waals surface area (Å²) in [5, 5.41) is 24.3. The quantitative estimate of drug-likeness (QED) is 0.237. The second-order valence-corrected chi connectivity index (χ2v) is 8.38. The predicted octanol–water partition coefficient (Wildman–Crippen LogP) is 2.88. The first-order chi connectivity index (χ1) is 14.4. The molecule has 11 nitrogen and oxygen atoms in total. The zero-order valence-electron chi connectivity index (χ0n) is 17.5. The number of nitro benzene ring substituents is 1. The van der Waals surface area contributed by atoms with Crippen LogP contribution in [0.15, 0.2) is 24.3 Å². The number of nitrogens with zero attached hydrogens (tertiary/aromatic N) is 1. The summed E-state index contributed by atoms with van der Waals surface area (Å²) in [6, 6.07) is 4.43. The zero-order chi connectivity index (χ0) is 23.6. The van der Waals surface area contributed by atoms with Crippen molar-refractivity contribution in [2.75, 3.05) is 6.54 Å². The van der Waals surface area contributed by atoms with Crippen LogP contribution in [-0.2, 0) is 20.9 Å². The molecule has 0 saturated heterocycles. The first kappa shape index (κ1) is 26.0. The standard InChI is InChI=1S/C19H27N3O8S/c1-19(2,3)30-18(26)21-15(16(23)24)9-8-14(31)10-20-17(25)29-11-12-4-6-13(7-5-12)22(27)28/h4-7,14-15,31H,8-11H2,1-3H3,(H,20,25)(H,21,26)(H,23,24). The number of aliphatic carboxylic acids is 1. The van der Waals surface area contributed by atoms with Crippen molar-refractivity contribution < 1.29 is 33.9 Å². The number of nitrogens with one attached hydrogen (secondary N) is 2. The highest BCUT2D eigenvalue weighted by Crippen LogP contribution is 2.13. The van der Waals surface area contributed by atoms with Crippen LogP contribution in [0.5, 0.6) is 0 Å². The third-order valence-electron chi connectivity index (χ3n) is 3.78. The fourth-order valence-corrected chi connectivity index (χ4v) is 2.52. The van der Waals surface area contributed by atoms with E-state index in [0.717, 1.165) is 0 Å². The van der Waals surface area contributed by atoms with Crippen LogP contribution in [0.1, 0.15) is 39.2 Å². The van der Waals surface area contributed by atoms with Crippen LogP contribution < -0.4 is 10.6 Å². The maximum absolute atomic E-state index is 11.8. The Kier molecular flexibility index (Phi) is 10.1. The molecular formula is C19H27N3O8S. The monoisotopic (exact) mass is 457 g/mol. The number of hydrogen-bond acceptors (Lipinski definition) is 8. The highest BCUT2D eigenvalue weighted by molar-refractivity contribution is 7.81. The lowest BCUT2D eigenvalue weighted by molar-refractivity contribution is -0.384. The average molecular weight is 458 g/mol. The lowest BCUT2D eigenvalue weighted by Crippen LogP contribution is -2.44. The van der Waals surface area contributed by atoms with Crippen molar-refractivity contribution in [2.45, 2.75) is 57.1 Å². The number of amides is 2. The summed E-state index contributed by atoms with van der Waals surface area (Å²) >= 11 is 4.30. The van der Waals surface area contributed by atoms with E-state index < -0.39 is 34.7 Å². The largest absolute Gasteiger partial charge is 0.480 e. The molecule has 0 spiro atoms. The van der Waals surface area contributed by atoms with Crippen molar-refractivity contribution in [3.8, 4) is 0 Å². The van der Waals surface area contributed by atoms with Gasteiger partial charge in [0.25, 0.3) is 5.69 Å². The van der Waals surface area contributed by atoms with Crippen molar-refractivity contribution in [1.29, 1.82) is 0 Å². The summed E-state index contributed by atoms with van der Waals surface area (Å²) in [5.74, 6) is -1.21. The molecule has 2 atom stereocenters. The molecule has 1 aromatic carbocycles. The minimum absolute atomic E-state index is 0.0630. The molecular weight excluding hydrogens is 430 g/mol. The first-order valence-electron chi connectivity index (χ1n) is 9.41. The van der Waals surface area contributed by atoms with Crippen LogP contribution in [0, 0.1) is 10.1 Å². The van der Waals surface area contributed by atoms with Crippen LogP contribution in [0.25, 0.3) is 0 Å². The molecule has 0 aromatic heterocycles. The van der Waals surface area contributed by atoms with Crippen LogP contribution >= 0.6 is 12.6 Å². The molecule has 0 aliphatic heterocycles. The first-order valence-corrected chi connectivity index (χ1v) is 9.93. The molecule has 0 radical (unpaired) electrons. The number of ether oxygens (including phenoxy) is 2. The molecule has 172 valence electrons. The molecule has 2 amide bonds. The van der Waals surface area contributed by atoms with E-state index in [1.165, 1.54) is 24.3 Å². The normalized spacial score (nSPS) is 12.9. The Hall–Kier alpha value is -3.02. The van der Waals surface area contributed by atoms with E-state index in [1.54, 1.807) is 20.8 Å². The number of nitro groups is 1. The molecule has 1 rings (SSSR count). The minimum atomic E-state index is -1.21. The fraction of sp³-hybridized carbons (Fsp3) is 0.526. The van der Waals surface area contributed by atoms with Gasteiger partial charge in [-0.05, 0) is 51.3 Å². The summed E-state index contributed by atoms with van der Waals surface area (Å²) in [6.45, 7) is 5.04. The van der Waals surface area contributed by atoms with Crippen molar-refractivity contribution in [2.24, 2.45) is 0 Å². The summed E-state index contributed by atoms with van der Waals surface area (Å²) in [7, 11) is 0. The van der Waals surface area contributed by atoms with E-state index in [2.05, 4.69) is 23.3 Å². The maximum atomic E-state index is 11.8. The van der Waals surface area contributed by atoms with E-state index in [9.17, 15) is 29.6 Å². The number of rotatable bonds is 10. The van der Waals surface area contributed by atoms with E-state index in [1.807, 2.05) is 0 Å². The molecule has 0 bridgehead atoms. The Morgan fingerprint density at radius 3 is 2.29 bits per heavy atom. The number of non-ortho nitro benzene ring substituents is 1. The second kappa shape index (κ2) is 12.0. The molecule has 0 heterocycles. The Labute approximate surface area is 185 Å². The van der Waals surface area contributed by atoms with E-state index in [-0.39, 0.29) is 30.5 Å². The number of carbonyl (C=O) groups is 3. The number of alkyl carbamates (subject to hydrolysis) is 2. The van der Waals surface area contributed by atoms with Crippen LogP contribution in [0.2, 0.25) is 0 Å². The number of carboxylic acid groups (broad SMARTS) is 1. The van der Waals surface area contributed by atoms with Gasteiger partial charge in [0.2, 0.25) is 0 Å². The molecule has 31 heavy (non-hydrogen) atoms. The van der Waals surface area contributed by atoms with Gasteiger partial charge in [-0.3, -0.25) is 10.1 Å². The van der Waals surface area contributed by atoms with Gasteiger partial charge in [-0.15, -0.1) is 0 Å². The van der Waals surface area contributed by atoms with E-state index in [0.29, 0.717) is 12.0 Å². The van der Waals surface area contributed by atoms with Gasteiger partial charge in [0.05, 0.1) is 4.92 Å². The Morgan fingerprint density at radius 1 is 1.16 bits per heavy atom. The summed E-state index contributed by atoms with van der Waals surface area (Å²) < 4.78 is 10.1. The van der Waals surface area contributed by atoms with Gasteiger partial charge in [0.15, 0.2) is 0 Å². The zero-order valence-corrected chi connectivity index (χ0v) is 18.4. The van der Waals surface area contributed by atoms with E-state index >= 15 is 0 Å². The number of thiol groups is 1. The summed E-state index contributed by atoms with van der Waals surface area (Å²) in [6.07, 6.45) is -1.16. The van der Waals surface area contributed by atoms with Gasteiger partial charge in [-0.25, -0.2) is 14.4 Å². The molecule has 0 aliphatic rings. The lowest BCUT2D eigenvalue weighted by Gasteiger charge is -2.22. The van der Waals surface area contributed by atoms with Gasteiger partial charge < -0.3 is 25.2 Å². The van der Waals surface area contributed by atoms with Crippen molar-refractivity contribution in [3.05, 3.63) is 39.9 Å². The highest BCUT2D eigenvalue weighted by Gasteiger charge is 2.24. The summed E-state index contributed by atoms with van der Waals surface area (Å²) in [4.78, 5) is 44.9. The van der Waals surface area contributed by atoms with Gasteiger partial charge in [-0.1, -0.05) is 0 Å². The molecule has 2 unspecified atom stereocenters. The summed E-state index contributed by atoms with van der Waals surface area (Å²) in [5.41, 5.74) is -0.231. The van der Waals surface area contributed by atoms with Gasteiger partial charge in [-0.2, -0.15) is 12.6 Å². The van der Waals surface area contributed by atoms with Crippen molar-refractivity contribution >= 4 is 36.5 Å². The van der Waals surface area contributed by atoms with Gasteiger partial charge in [0, 0.05) is 23.9 Å². The lowest BCUT2D eigenvalue weighted by atomic mass is 10.1. The fourth-order valence-electron chi connectivity index (χ4n) is 2.28. The Morgan fingerprint density at radius 2 is 1.77 bits per heavy atom. The van der Waals surface area contributed by atoms with E-state index in [4.69, 9.17) is 9.47 Å². The molecule has 0 aliphatic carbocycles. The highest BCUT2D eigenvalue weighted by atomic mass is 32.1. The average Bonchev–Trinajstić information content (AvgIpc) is 2.66. The van der Waals surface area contributed by atoms with Crippen LogP contribution in [-0.4, -0.2) is 51.6 Å². The molecule has 12 heteroatoms. The smallest absolute Gasteiger partial charge is 0.408 e. The molecule has 0 saturated carbocycles. The van der Waals surface area contributed by atoms with Crippen molar-refractivity contribution in [3.63, 3.8) is 0 Å². The van der Waals surface area contributed by atoms with Crippen molar-refractivity contribution in [1.82, 2.24) is 10.6 Å². The van der Waals surface area contributed by atoms with Crippen LogP contribution in [0.3, 0.4) is 0 Å². The molecule has 1 aromatic rings. The SMILES string of the molecule is CC(C)(C)OC(=O)NC(CCC(S)CNC(=O)OCc1ccc([N+](=O)[O-])cc1)C(=O)O. The third-order valence-corrected chi connectivity index (χ3v) is 4.22. The second-order valence-electron chi connectivity index (χ2n) is 7.65. The van der Waals surface area contributed by atoms with Crippen LogP contribution in [0.4, 0.5) is 15.3 Å². The number of carbonyl (C=O) groups excluding carboxylic acids is 2. The number of hydrogen-bond donors (Lipinski definition) is 4.